The molecule has 0 aromatic heterocycles. The molecule has 5 nitrogen and oxygen atoms in total. The fourth-order valence-corrected chi connectivity index (χ4v) is 3.04. The Bertz CT molecular complexity index is 328. The number of rotatable bonds is 8. The molecule has 0 atom stereocenters. The van der Waals surface area contributed by atoms with E-state index < -0.39 is 10.1 Å². The van der Waals surface area contributed by atoms with Crippen LogP contribution in [0.1, 0.15) is 38.5 Å². The Morgan fingerprint density at radius 3 is 2.17 bits per heavy atom. The van der Waals surface area contributed by atoms with Crippen LogP contribution in [0.4, 0.5) is 0 Å². The molecule has 0 spiro atoms. The fourth-order valence-electron chi connectivity index (χ4n) is 2.58. The molecule has 0 N–H and O–H groups in total. The molecule has 0 aromatic rings. The van der Waals surface area contributed by atoms with Gasteiger partial charge in [-0.3, -0.25) is 4.18 Å². The molecule has 0 amide bonds. The van der Waals surface area contributed by atoms with Crippen molar-refractivity contribution in [1.82, 2.24) is 0 Å². The lowest BCUT2D eigenvalue weighted by Crippen LogP contribution is -2.27. The first kappa shape index (κ1) is 15.9. The van der Waals surface area contributed by atoms with Gasteiger partial charge in [0.25, 0.3) is 10.1 Å². The van der Waals surface area contributed by atoms with E-state index in [0.29, 0.717) is 0 Å². The Kier molecular flexibility index (Phi) is 6.04. The maximum Gasteiger partial charge on any atom is 0.264 e. The zero-order valence-electron chi connectivity index (χ0n) is 11.5. The third-order valence-electron chi connectivity index (χ3n) is 3.68. The van der Waals surface area contributed by atoms with Crippen LogP contribution in [0.25, 0.3) is 0 Å². The summed E-state index contributed by atoms with van der Waals surface area (Å²) in [6, 6.07) is 0. The van der Waals surface area contributed by atoms with Crippen molar-refractivity contribution in [2.24, 2.45) is 5.41 Å². The van der Waals surface area contributed by atoms with E-state index in [-0.39, 0.29) is 18.3 Å². The zero-order valence-corrected chi connectivity index (χ0v) is 12.3. The van der Waals surface area contributed by atoms with Crippen LogP contribution in [0.2, 0.25) is 0 Å². The van der Waals surface area contributed by atoms with Gasteiger partial charge in [0, 0.05) is 14.2 Å². The highest BCUT2D eigenvalue weighted by Crippen LogP contribution is 2.42. The van der Waals surface area contributed by atoms with Gasteiger partial charge in [-0.05, 0) is 31.1 Å². The molecule has 6 heteroatoms. The Balaban J connectivity index is 2.52. The lowest BCUT2D eigenvalue weighted by molar-refractivity contribution is -0.112. The summed E-state index contributed by atoms with van der Waals surface area (Å²) in [6.07, 6.45) is 6.82. The predicted molar refractivity (Wildman–Crippen MR) is 68.7 cm³/mol. The molecular weight excluding hydrogens is 256 g/mol. The van der Waals surface area contributed by atoms with Crippen molar-refractivity contribution in [2.75, 3.05) is 27.1 Å². The van der Waals surface area contributed by atoms with Gasteiger partial charge in [0.05, 0.1) is 12.9 Å². The van der Waals surface area contributed by atoms with E-state index in [9.17, 15) is 8.42 Å². The van der Waals surface area contributed by atoms with Crippen LogP contribution in [0.3, 0.4) is 0 Å². The summed E-state index contributed by atoms with van der Waals surface area (Å²) in [6.45, 7) is 0.284. The van der Waals surface area contributed by atoms with Crippen molar-refractivity contribution < 1.29 is 22.1 Å². The van der Waals surface area contributed by atoms with E-state index in [4.69, 9.17) is 13.7 Å². The average molecular weight is 280 g/mol. The molecule has 1 fully saturated rings. The molecule has 0 heterocycles. The highest BCUT2D eigenvalue weighted by Gasteiger charge is 2.35. The lowest BCUT2D eigenvalue weighted by atomic mass is 9.82. The Labute approximate surface area is 110 Å². The number of methoxy groups -OCH3 is 2. The molecule has 0 unspecified atom stereocenters. The van der Waals surface area contributed by atoms with Gasteiger partial charge in [-0.25, -0.2) is 0 Å². The van der Waals surface area contributed by atoms with Crippen molar-refractivity contribution in [3.63, 3.8) is 0 Å². The normalized spacial score (nSPS) is 19.6. The third-order valence-corrected chi connectivity index (χ3v) is 4.23. The Hall–Kier alpha value is -0.170. The first-order valence-electron chi connectivity index (χ1n) is 6.31. The second-order valence-electron chi connectivity index (χ2n) is 5.11. The van der Waals surface area contributed by atoms with E-state index in [1.807, 2.05) is 0 Å². The average Bonchev–Trinajstić information content (AvgIpc) is 2.77. The lowest BCUT2D eigenvalue weighted by Gasteiger charge is -2.29. The molecule has 108 valence electrons. The quantitative estimate of drug-likeness (QED) is 0.502. The summed E-state index contributed by atoms with van der Waals surface area (Å²) in [7, 11) is -0.135. The number of ether oxygens (including phenoxy) is 2. The minimum atomic E-state index is -3.36. The van der Waals surface area contributed by atoms with E-state index in [1.165, 1.54) is 0 Å². The smallest absolute Gasteiger partial charge is 0.264 e. The first-order chi connectivity index (χ1) is 8.41. The van der Waals surface area contributed by atoms with Crippen molar-refractivity contribution in [2.45, 2.75) is 44.8 Å². The van der Waals surface area contributed by atoms with Crippen molar-refractivity contribution >= 4 is 10.1 Å². The van der Waals surface area contributed by atoms with E-state index >= 15 is 0 Å². The molecule has 1 aliphatic rings. The minimum absolute atomic E-state index is 0.0294. The van der Waals surface area contributed by atoms with Crippen LogP contribution in [0.15, 0.2) is 0 Å². The van der Waals surface area contributed by atoms with Crippen LogP contribution < -0.4 is 0 Å². The second kappa shape index (κ2) is 6.84. The molecule has 0 aromatic carbocycles. The van der Waals surface area contributed by atoms with Crippen LogP contribution in [0, 0.1) is 5.41 Å². The van der Waals surface area contributed by atoms with Gasteiger partial charge in [-0.2, -0.15) is 8.42 Å². The predicted octanol–water partition coefficient (Wildman–Crippen LogP) is 1.92. The second-order valence-corrected chi connectivity index (χ2v) is 6.76. The van der Waals surface area contributed by atoms with Crippen LogP contribution in [-0.2, 0) is 23.8 Å². The highest BCUT2D eigenvalue weighted by molar-refractivity contribution is 7.85. The maximum atomic E-state index is 11.1. The minimum Gasteiger partial charge on any atom is -0.356 e. The van der Waals surface area contributed by atoms with Crippen molar-refractivity contribution in [3.05, 3.63) is 0 Å². The summed E-state index contributed by atoms with van der Waals surface area (Å²) >= 11 is 0. The molecule has 0 radical (unpaired) electrons. The largest absolute Gasteiger partial charge is 0.356 e. The van der Waals surface area contributed by atoms with Crippen LogP contribution >= 0.6 is 0 Å². The molecule has 18 heavy (non-hydrogen) atoms. The van der Waals surface area contributed by atoms with Crippen molar-refractivity contribution in [3.8, 4) is 0 Å². The molecular formula is C12H24O5S. The monoisotopic (exact) mass is 280 g/mol. The van der Waals surface area contributed by atoms with Gasteiger partial charge >= 0.3 is 0 Å². The van der Waals surface area contributed by atoms with Gasteiger partial charge in [0.15, 0.2) is 6.29 Å². The van der Waals surface area contributed by atoms with Gasteiger partial charge < -0.3 is 9.47 Å². The van der Waals surface area contributed by atoms with Gasteiger partial charge in [-0.15, -0.1) is 0 Å². The number of hydrogen-bond acceptors (Lipinski definition) is 5. The van der Waals surface area contributed by atoms with E-state index in [2.05, 4.69) is 0 Å². The highest BCUT2D eigenvalue weighted by atomic mass is 32.2. The molecule has 1 rings (SSSR count). The first-order valence-corrected chi connectivity index (χ1v) is 8.12. The molecule has 1 aliphatic carbocycles. The summed E-state index contributed by atoms with van der Waals surface area (Å²) in [5.41, 5.74) is -0.0294. The Morgan fingerprint density at radius 1 is 1.17 bits per heavy atom. The summed E-state index contributed by atoms with van der Waals surface area (Å²) in [5.74, 6) is 0. The Morgan fingerprint density at radius 2 is 1.72 bits per heavy atom. The standard InChI is InChI=1S/C12H24O5S/c1-15-11(16-2)6-9-12(7-4-5-8-12)10-17-18(3,13)14/h11H,4-10H2,1-3H3. The maximum absolute atomic E-state index is 11.1. The van der Waals surface area contributed by atoms with Crippen LogP contribution in [0.5, 0.6) is 0 Å². The SMILES string of the molecule is COC(CCC1(COS(C)(=O)=O)CCCC1)OC. The number of hydrogen-bond donors (Lipinski definition) is 0. The molecule has 0 bridgehead atoms. The van der Waals surface area contributed by atoms with Crippen LogP contribution in [-0.4, -0.2) is 41.8 Å². The molecule has 1 saturated carbocycles. The zero-order chi connectivity index (χ0) is 13.6. The van der Waals surface area contributed by atoms with E-state index in [1.54, 1.807) is 14.2 Å². The fraction of sp³-hybridized carbons (Fsp3) is 1.00. The molecule has 0 aliphatic heterocycles. The van der Waals surface area contributed by atoms with E-state index in [0.717, 1.165) is 44.8 Å². The van der Waals surface area contributed by atoms with Gasteiger partial charge in [-0.1, -0.05) is 12.8 Å². The molecule has 0 saturated heterocycles. The third kappa shape index (κ3) is 5.22. The summed E-state index contributed by atoms with van der Waals surface area (Å²) in [4.78, 5) is 0. The summed E-state index contributed by atoms with van der Waals surface area (Å²) < 4.78 is 37.6. The summed E-state index contributed by atoms with van der Waals surface area (Å²) in [5, 5.41) is 0. The van der Waals surface area contributed by atoms with Gasteiger partial charge in [0.2, 0.25) is 0 Å². The van der Waals surface area contributed by atoms with Gasteiger partial charge in [0.1, 0.15) is 0 Å². The van der Waals surface area contributed by atoms with Crippen molar-refractivity contribution in [1.29, 1.82) is 0 Å². The topological polar surface area (TPSA) is 61.8 Å².